The lowest BCUT2D eigenvalue weighted by atomic mass is 9.93. The van der Waals surface area contributed by atoms with Crippen LogP contribution in [0.25, 0.3) is 0 Å². The highest BCUT2D eigenvalue weighted by molar-refractivity contribution is 7.89. The molecule has 1 aliphatic carbocycles. The summed E-state index contributed by atoms with van der Waals surface area (Å²) in [4.78, 5) is 4.38. The number of nitrogens with zero attached hydrogens (tertiary/aromatic N) is 1. The predicted molar refractivity (Wildman–Crippen MR) is 84.7 cm³/mol. The molecule has 6 heteroatoms. The Hall–Kier alpha value is -1.14. The largest absolute Gasteiger partial charge is 0.369 e. The van der Waals surface area contributed by atoms with E-state index in [1.165, 1.54) is 0 Å². The summed E-state index contributed by atoms with van der Waals surface area (Å²) in [6.07, 6.45) is 4.72. The van der Waals surface area contributed by atoms with E-state index >= 15 is 0 Å². The fraction of sp³-hybridized carbons (Fsp3) is 0.667. The minimum atomic E-state index is -3.52. The van der Waals surface area contributed by atoms with Crippen molar-refractivity contribution in [3.8, 4) is 0 Å². The Morgan fingerprint density at radius 2 is 2.10 bits per heavy atom. The Morgan fingerprint density at radius 1 is 1.38 bits per heavy atom. The summed E-state index contributed by atoms with van der Waals surface area (Å²) in [5, 5.41) is 3.07. The van der Waals surface area contributed by atoms with Crippen LogP contribution >= 0.6 is 0 Å². The van der Waals surface area contributed by atoms with E-state index in [2.05, 4.69) is 28.9 Å². The van der Waals surface area contributed by atoms with Gasteiger partial charge < -0.3 is 5.32 Å². The molecule has 5 nitrogen and oxygen atoms in total. The van der Waals surface area contributed by atoms with Gasteiger partial charge in [0.15, 0.2) is 0 Å². The molecule has 0 aromatic carbocycles. The first kappa shape index (κ1) is 16.2. The van der Waals surface area contributed by atoms with Crippen molar-refractivity contribution in [2.45, 2.75) is 44.9 Å². The summed E-state index contributed by atoms with van der Waals surface area (Å²) < 4.78 is 27.8. The maximum Gasteiger partial charge on any atom is 0.244 e. The Kier molecular flexibility index (Phi) is 4.88. The van der Waals surface area contributed by atoms with Gasteiger partial charge in [0.05, 0.1) is 0 Å². The van der Waals surface area contributed by atoms with Crippen LogP contribution in [0.3, 0.4) is 0 Å². The molecule has 0 aliphatic heterocycles. The second kappa shape index (κ2) is 6.32. The van der Waals surface area contributed by atoms with Gasteiger partial charge in [-0.2, -0.15) is 0 Å². The van der Waals surface area contributed by atoms with Crippen molar-refractivity contribution in [1.29, 1.82) is 0 Å². The molecule has 1 saturated carbocycles. The number of hydrogen-bond donors (Lipinski definition) is 2. The van der Waals surface area contributed by atoms with Crippen LogP contribution in [0.1, 0.15) is 40.0 Å². The monoisotopic (exact) mass is 311 g/mol. The molecule has 0 amide bonds. The van der Waals surface area contributed by atoms with Crippen LogP contribution in [0.4, 0.5) is 5.82 Å². The second-order valence-electron chi connectivity index (χ2n) is 6.12. The van der Waals surface area contributed by atoms with Crippen molar-refractivity contribution in [3.63, 3.8) is 0 Å². The molecule has 1 aromatic rings. The van der Waals surface area contributed by atoms with Crippen LogP contribution in [-0.2, 0) is 10.0 Å². The minimum absolute atomic E-state index is 0.145. The number of aromatic nitrogens is 1. The normalized spacial score (nSPS) is 17.0. The van der Waals surface area contributed by atoms with Crippen molar-refractivity contribution in [1.82, 2.24) is 9.71 Å². The SMILES string of the molecule is CCCNc1ncccc1S(=O)(=O)NCC1(C(C)C)CC1. The van der Waals surface area contributed by atoms with Crippen molar-refractivity contribution < 1.29 is 8.42 Å². The molecule has 118 valence electrons. The van der Waals surface area contributed by atoms with Gasteiger partial charge in [-0.05, 0) is 42.7 Å². The first-order valence-electron chi connectivity index (χ1n) is 7.60. The van der Waals surface area contributed by atoms with E-state index in [1.54, 1.807) is 18.3 Å². The van der Waals surface area contributed by atoms with Crippen LogP contribution in [-0.4, -0.2) is 26.5 Å². The topological polar surface area (TPSA) is 71.1 Å². The first-order valence-corrected chi connectivity index (χ1v) is 9.08. The first-order chi connectivity index (χ1) is 9.91. The second-order valence-corrected chi connectivity index (χ2v) is 7.85. The van der Waals surface area contributed by atoms with Gasteiger partial charge >= 0.3 is 0 Å². The molecular formula is C15H25N3O2S. The Morgan fingerprint density at radius 3 is 2.67 bits per heavy atom. The number of rotatable bonds is 8. The van der Waals surface area contributed by atoms with Crippen LogP contribution in [0, 0.1) is 11.3 Å². The highest BCUT2D eigenvalue weighted by Crippen LogP contribution is 2.51. The standard InChI is InChI=1S/C15H25N3O2S/c1-4-9-16-14-13(6-5-10-17-14)21(19,20)18-11-15(7-8-15)12(2)3/h5-6,10,12,18H,4,7-9,11H2,1-3H3,(H,16,17). The summed E-state index contributed by atoms with van der Waals surface area (Å²) in [6, 6.07) is 3.25. The van der Waals surface area contributed by atoms with E-state index in [4.69, 9.17) is 0 Å². The van der Waals surface area contributed by atoms with E-state index in [0.717, 1.165) is 19.3 Å². The lowest BCUT2D eigenvalue weighted by molar-refractivity contribution is 0.357. The third kappa shape index (κ3) is 3.74. The van der Waals surface area contributed by atoms with Gasteiger partial charge in [0.1, 0.15) is 10.7 Å². The maximum atomic E-state index is 12.5. The van der Waals surface area contributed by atoms with Crippen molar-refractivity contribution in [2.24, 2.45) is 11.3 Å². The van der Waals surface area contributed by atoms with E-state index in [1.807, 2.05) is 6.92 Å². The number of hydrogen-bond acceptors (Lipinski definition) is 4. The van der Waals surface area contributed by atoms with Crippen molar-refractivity contribution in [2.75, 3.05) is 18.4 Å². The summed E-state index contributed by atoms with van der Waals surface area (Å²) in [7, 11) is -3.52. The number of nitrogens with one attached hydrogen (secondary N) is 2. The van der Waals surface area contributed by atoms with Gasteiger partial charge in [0.2, 0.25) is 10.0 Å². The zero-order valence-electron chi connectivity index (χ0n) is 13.0. The predicted octanol–water partition coefficient (Wildman–Crippen LogP) is 2.62. The van der Waals surface area contributed by atoms with Crippen LogP contribution in [0.2, 0.25) is 0 Å². The Bertz CT molecular complexity index is 580. The summed E-state index contributed by atoms with van der Waals surface area (Å²) >= 11 is 0. The minimum Gasteiger partial charge on any atom is -0.369 e. The third-order valence-electron chi connectivity index (χ3n) is 4.33. The highest BCUT2D eigenvalue weighted by atomic mass is 32.2. The third-order valence-corrected chi connectivity index (χ3v) is 5.77. The lowest BCUT2D eigenvalue weighted by Crippen LogP contribution is -2.33. The molecule has 0 radical (unpaired) electrons. The van der Waals surface area contributed by atoms with E-state index in [9.17, 15) is 8.42 Å². The number of anilines is 1. The molecule has 21 heavy (non-hydrogen) atoms. The summed E-state index contributed by atoms with van der Waals surface area (Å²) in [5.41, 5.74) is 0.145. The maximum absolute atomic E-state index is 12.5. The van der Waals surface area contributed by atoms with Crippen LogP contribution in [0.5, 0.6) is 0 Å². The molecule has 2 N–H and O–H groups in total. The zero-order chi connectivity index (χ0) is 15.5. The zero-order valence-corrected chi connectivity index (χ0v) is 13.8. The molecule has 0 spiro atoms. The van der Waals surface area contributed by atoms with Gasteiger partial charge in [0.25, 0.3) is 0 Å². The lowest BCUT2D eigenvalue weighted by Gasteiger charge is -2.20. The average molecular weight is 311 g/mol. The average Bonchev–Trinajstić information content (AvgIpc) is 3.25. The Labute approximate surface area is 127 Å². The van der Waals surface area contributed by atoms with Gasteiger partial charge in [0, 0.05) is 19.3 Å². The van der Waals surface area contributed by atoms with Gasteiger partial charge in [-0.1, -0.05) is 20.8 Å². The summed E-state index contributed by atoms with van der Waals surface area (Å²) in [5.74, 6) is 0.924. The smallest absolute Gasteiger partial charge is 0.244 e. The fourth-order valence-electron chi connectivity index (χ4n) is 2.42. The fourth-order valence-corrected chi connectivity index (χ4v) is 3.69. The molecule has 1 aromatic heterocycles. The van der Waals surface area contributed by atoms with Crippen LogP contribution < -0.4 is 10.0 Å². The molecule has 0 saturated heterocycles. The van der Waals surface area contributed by atoms with Gasteiger partial charge in [-0.25, -0.2) is 18.1 Å². The van der Waals surface area contributed by atoms with Crippen molar-refractivity contribution >= 4 is 15.8 Å². The molecule has 2 rings (SSSR count). The highest BCUT2D eigenvalue weighted by Gasteiger charge is 2.45. The number of pyridine rings is 1. The van der Waals surface area contributed by atoms with Crippen LogP contribution in [0.15, 0.2) is 23.2 Å². The van der Waals surface area contributed by atoms with E-state index in [0.29, 0.717) is 24.8 Å². The molecule has 1 fully saturated rings. The quantitative estimate of drug-likeness (QED) is 0.774. The van der Waals surface area contributed by atoms with Gasteiger partial charge in [-0.3, -0.25) is 0 Å². The number of sulfonamides is 1. The summed E-state index contributed by atoms with van der Waals surface area (Å²) in [6.45, 7) is 7.55. The van der Waals surface area contributed by atoms with Crippen molar-refractivity contribution in [3.05, 3.63) is 18.3 Å². The Balaban J connectivity index is 2.12. The molecule has 1 heterocycles. The van der Waals surface area contributed by atoms with E-state index < -0.39 is 10.0 Å². The van der Waals surface area contributed by atoms with E-state index in [-0.39, 0.29) is 10.3 Å². The van der Waals surface area contributed by atoms with Gasteiger partial charge in [-0.15, -0.1) is 0 Å². The molecule has 1 aliphatic rings. The molecular weight excluding hydrogens is 286 g/mol. The molecule has 0 atom stereocenters. The molecule has 0 bridgehead atoms. The molecule has 0 unspecified atom stereocenters.